The molecule has 0 spiro atoms. The van der Waals surface area contributed by atoms with E-state index in [2.05, 4.69) is 22.0 Å². The highest BCUT2D eigenvalue weighted by Crippen LogP contribution is 2.44. The summed E-state index contributed by atoms with van der Waals surface area (Å²) in [7, 11) is 0. The minimum atomic E-state index is -0.0443. The van der Waals surface area contributed by atoms with Crippen molar-refractivity contribution in [3.05, 3.63) is 42.4 Å². The standard InChI is InChI=1S/C23H31N3O2/c1-3-20(27)22(17-14-21(17)28-4-2)26-13-9-8-12-19(26)23-24-15-18(25-23)16-10-6-5-7-11-16/h5-7,10-11,15,17,19,21-22H,3-4,8-9,12-14H2,1-2H3,(H,24,25). The zero-order valence-electron chi connectivity index (χ0n) is 16.9. The van der Waals surface area contributed by atoms with Crippen LogP contribution in [-0.2, 0) is 9.53 Å². The molecule has 2 aliphatic rings. The van der Waals surface area contributed by atoms with E-state index in [0.29, 0.717) is 18.1 Å². The maximum absolute atomic E-state index is 12.9. The van der Waals surface area contributed by atoms with Crippen LogP contribution < -0.4 is 0 Å². The molecule has 2 aromatic rings. The van der Waals surface area contributed by atoms with Gasteiger partial charge in [0.05, 0.1) is 23.9 Å². The van der Waals surface area contributed by atoms with Gasteiger partial charge in [0.2, 0.25) is 0 Å². The van der Waals surface area contributed by atoms with Crippen LogP contribution in [0.25, 0.3) is 11.3 Å². The van der Waals surface area contributed by atoms with Gasteiger partial charge in [0.15, 0.2) is 0 Å². The predicted molar refractivity (Wildman–Crippen MR) is 110 cm³/mol. The summed E-state index contributed by atoms with van der Waals surface area (Å²) in [6.45, 7) is 5.68. The number of likely N-dealkylation sites (tertiary alicyclic amines) is 1. The first-order valence-electron chi connectivity index (χ1n) is 10.7. The molecule has 1 aliphatic carbocycles. The van der Waals surface area contributed by atoms with Crippen LogP contribution in [0.15, 0.2) is 36.5 Å². The second-order valence-corrected chi connectivity index (χ2v) is 7.94. The van der Waals surface area contributed by atoms with Crippen LogP contribution in [0.1, 0.15) is 57.8 Å². The van der Waals surface area contributed by atoms with Gasteiger partial charge in [-0.15, -0.1) is 0 Å². The molecule has 5 heteroatoms. The molecule has 0 amide bonds. The number of hydrogen-bond donors (Lipinski definition) is 1. The number of imidazole rings is 1. The number of nitrogens with zero attached hydrogens (tertiary/aromatic N) is 2. The lowest BCUT2D eigenvalue weighted by Crippen LogP contribution is -2.48. The highest BCUT2D eigenvalue weighted by molar-refractivity contribution is 5.84. The van der Waals surface area contributed by atoms with Crippen molar-refractivity contribution in [1.82, 2.24) is 14.9 Å². The summed E-state index contributed by atoms with van der Waals surface area (Å²) in [5.74, 6) is 1.66. The number of rotatable bonds is 8. The third kappa shape index (κ3) is 3.91. The minimum Gasteiger partial charge on any atom is -0.378 e. The van der Waals surface area contributed by atoms with E-state index in [4.69, 9.17) is 9.72 Å². The summed E-state index contributed by atoms with van der Waals surface area (Å²) in [5, 5.41) is 0. The van der Waals surface area contributed by atoms with Crippen molar-refractivity contribution in [2.45, 2.75) is 64.1 Å². The van der Waals surface area contributed by atoms with Crippen LogP contribution in [0.3, 0.4) is 0 Å². The zero-order valence-corrected chi connectivity index (χ0v) is 16.9. The van der Waals surface area contributed by atoms with E-state index in [1.165, 1.54) is 6.42 Å². The Bertz CT molecular complexity index is 788. The Morgan fingerprint density at radius 3 is 2.86 bits per heavy atom. The fourth-order valence-corrected chi connectivity index (χ4v) is 4.65. The SMILES string of the molecule is CCOC1CC1C(C(=O)CC)N1CCCCC1c1nc(-c2ccccc2)c[nH]1. The Morgan fingerprint density at radius 2 is 2.11 bits per heavy atom. The number of piperidine rings is 1. The number of ketones is 1. The van der Waals surface area contributed by atoms with Gasteiger partial charge in [-0.2, -0.15) is 0 Å². The summed E-state index contributed by atoms with van der Waals surface area (Å²) in [4.78, 5) is 23.7. The van der Waals surface area contributed by atoms with E-state index in [9.17, 15) is 4.79 Å². The molecular formula is C23H31N3O2. The molecule has 4 atom stereocenters. The van der Waals surface area contributed by atoms with Crippen molar-refractivity contribution in [2.75, 3.05) is 13.2 Å². The number of H-pyrrole nitrogens is 1. The third-order valence-corrected chi connectivity index (χ3v) is 6.13. The quantitative estimate of drug-likeness (QED) is 0.737. The number of ether oxygens (including phenoxy) is 1. The second kappa shape index (κ2) is 8.58. The third-order valence-electron chi connectivity index (χ3n) is 6.13. The largest absolute Gasteiger partial charge is 0.378 e. The first-order chi connectivity index (χ1) is 13.7. The second-order valence-electron chi connectivity index (χ2n) is 7.94. The van der Waals surface area contributed by atoms with Gasteiger partial charge in [-0.25, -0.2) is 4.98 Å². The topological polar surface area (TPSA) is 58.2 Å². The molecule has 5 nitrogen and oxygen atoms in total. The van der Waals surface area contributed by atoms with Gasteiger partial charge in [0, 0.05) is 30.7 Å². The Morgan fingerprint density at radius 1 is 1.29 bits per heavy atom. The van der Waals surface area contributed by atoms with E-state index in [-0.39, 0.29) is 18.2 Å². The number of carbonyl (C=O) groups excluding carboxylic acids is 1. The van der Waals surface area contributed by atoms with Crippen LogP contribution in [0.2, 0.25) is 0 Å². The summed E-state index contributed by atoms with van der Waals surface area (Å²) in [6, 6.07) is 10.4. The van der Waals surface area contributed by atoms with Crippen molar-refractivity contribution in [3.63, 3.8) is 0 Å². The van der Waals surface area contributed by atoms with Crippen LogP contribution >= 0.6 is 0 Å². The van der Waals surface area contributed by atoms with E-state index in [1.807, 2.05) is 38.2 Å². The summed E-state index contributed by atoms with van der Waals surface area (Å²) < 4.78 is 5.83. The molecule has 2 fully saturated rings. The van der Waals surface area contributed by atoms with E-state index >= 15 is 0 Å². The highest BCUT2D eigenvalue weighted by Gasteiger charge is 2.50. The van der Waals surface area contributed by atoms with Crippen LogP contribution in [0.5, 0.6) is 0 Å². The maximum atomic E-state index is 12.9. The lowest BCUT2D eigenvalue weighted by atomic mass is 9.94. The summed E-state index contributed by atoms with van der Waals surface area (Å²) >= 11 is 0. The first-order valence-corrected chi connectivity index (χ1v) is 10.7. The van der Waals surface area contributed by atoms with Gasteiger partial charge in [0.1, 0.15) is 11.6 Å². The molecule has 2 heterocycles. The van der Waals surface area contributed by atoms with E-state index in [0.717, 1.165) is 49.5 Å². The average molecular weight is 382 g/mol. The molecule has 1 saturated heterocycles. The molecule has 1 saturated carbocycles. The Balaban J connectivity index is 1.58. The molecular weight excluding hydrogens is 350 g/mol. The fraction of sp³-hybridized carbons (Fsp3) is 0.565. The number of benzene rings is 1. The normalized spacial score (nSPS) is 26.1. The lowest BCUT2D eigenvalue weighted by Gasteiger charge is -2.40. The number of nitrogens with one attached hydrogen (secondary N) is 1. The first kappa shape index (κ1) is 19.3. The summed E-state index contributed by atoms with van der Waals surface area (Å²) in [5.41, 5.74) is 2.09. The number of carbonyl (C=O) groups is 1. The van der Waals surface area contributed by atoms with Gasteiger partial charge in [0.25, 0.3) is 0 Å². The molecule has 1 aromatic heterocycles. The monoisotopic (exact) mass is 381 g/mol. The Hall–Kier alpha value is -1.98. The molecule has 1 aliphatic heterocycles. The van der Waals surface area contributed by atoms with Crippen LogP contribution in [-0.4, -0.2) is 45.9 Å². The molecule has 1 N–H and O–H groups in total. The number of hydrogen-bond acceptors (Lipinski definition) is 4. The highest BCUT2D eigenvalue weighted by atomic mass is 16.5. The van der Waals surface area contributed by atoms with E-state index < -0.39 is 0 Å². The average Bonchev–Trinajstić information content (AvgIpc) is 3.30. The molecule has 4 unspecified atom stereocenters. The Labute approximate surface area is 167 Å². The van der Waals surface area contributed by atoms with Crippen molar-refractivity contribution in [3.8, 4) is 11.3 Å². The van der Waals surface area contributed by atoms with Crippen molar-refractivity contribution in [1.29, 1.82) is 0 Å². The number of aromatic nitrogens is 2. The van der Waals surface area contributed by atoms with E-state index in [1.54, 1.807) is 0 Å². The summed E-state index contributed by atoms with van der Waals surface area (Å²) in [6.07, 6.45) is 7.18. The van der Waals surface area contributed by atoms with Gasteiger partial charge >= 0.3 is 0 Å². The van der Waals surface area contributed by atoms with Crippen molar-refractivity contribution < 1.29 is 9.53 Å². The number of aromatic amines is 1. The van der Waals surface area contributed by atoms with Gasteiger partial charge in [-0.05, 0) is 32.7 Å². The molecule has 4 rings (SSSR count). The van der Waals surface area contributed by atoms with Crippen LogP contribution in [0.4, 0.5) is 0 Å². The molecule has 1 aromatic carbocycles. The Kier molecular flexibility index (Phi) is 5.93. The van der Waals surface area contributed by atoms with Gasteiger partial charge in [-0.3, -0.25) is 9.69 Å². The van der Waals surface area contributed by atoms with Gasteiger partial charge < -0.3 is 9.72 Å². The molecule has 150 valence electrons. The fourth-order valence-electron chi connectivity index (χ4n) is 4.65. The molecule has 0 radical (unpaired) electrons. The lowest BCUT2D eigenvalue weighted by molar-refractivity contribution is -0.127. The van der Waals surface area contributed by atoms with Crippen molar-refractivity contribution in [2.24, 2.45) is 5.92 Å². The predicted octanol–water partition coefficient (Wildman–Crippen LogP) is 4.38. The zero-order chi connectivity index (χ0) is 19.5. The smallest absolute Gasteiger partial charge is 0.150 e. The number of Topliss-reactive ketones (excluding diaryl/α,β-unsaturated/α-hetero) is 1. The molecule has 28 heavy (non-hydrogen) atoms. The minimum absolute atomic E-state index is 0.0443. The molecule has 0 bridgehead atoms. The maximum Gasteiger partial charge on any atom is 0.150 e. The van der Waals surface area contributed by atoms with Crippen molar-refractivity contribution >= 4 is 5.78 Å². The van der Waals surface area contributed by atoms with Crippen LogP contribution in [0, 0.1) is 5.92 Å². The van der Waals surface area contributed by atoms with Gasteiger partial charge in [-0.1, -0.05) is 43.7 Å².